The maximum atomic E-state index is 9.36. The molecule has 2 saturated carbocycles. The molecular weight excluding hydrogens is 162 g/mol. The maximum Gasteiger partial charge on any atom is 0.0499 e. The van der Waals surface area contributed by atoms with Crippen LogP contribution in [0.3, 0.4) is 0 Å². The SMILES string of the molecule is CC1(CO)CCCC1NC1CCC1. The summed E-state index contributed by atoms with van der Waals surface area (Å²) in [6.07, 6.45) is 7.80. The van der Waals surface area contributed by atoms with Gasteiger partial charge >= 0.3 is 0 Å². The second-order valence-corrected chi connectivity index (χ2v) is 5.05. The van der Waals surface area contributed by atoms with E-state index in [1.807, 2.05) is 0 Å². The van der Waals surface area contributed by atoms with Crippen LogP contribution in [0, 0.1) is 5.41 Å². The molecule has 0 aromatic heterocycles. The Morgan fingerprint density at radius 1 is 1.31 bits per heavy atom. The van der Waals surface area contributed by atoms with E-state index in [0.29, 0.717) is 12.6 Å². The molecule has 0 bridgehead atoms. The largest absolute Gasteiger partial charge is 0.396 e. The second kappa shape index (κ2) is 3.58. The summed E-state index contributed by atoms with van der Waals surface area (Å²) < 4.78 is 0. The smallest absolute Gasteiger partial charge is 0.0499 e. The lowest BCUT2D eigenvalue weighted by Gasteiger charge is -2.37. The van der Waals surface area contributed by atoms with Gasteiger partial charge in [-0.2, -0.15) is 0 Å². The standard InChI is InChI=1S/C11H21NO/c1-11(8-13)7-3-6-10(11)12-9-4-2-5-9/h9-10,12-13H,2-8H2,1H3. The average molecular weight is 183 g/mol. The highest BCUT2D eigenvalue weighted by Crippen LogP contribution is 2.38. The summed E-state index contributed by atoms with van der Waals surface area (Å²) >= 11 is 0. The summed E-state index contributed by atoms with van der Waals surface area (Å²) in [6, 6.07) is 1.33. The summed E-state index contributed by atoms with van der Waals surface area (Å²) in [7, 11) is 0. The zero-order valence-corrected chi connectivity index (χ0v) is 8.55. The van der Waals surface area contributed by atoms with Crippen molar-refractivity contribution in [2.24, 2.45) is 5.41 Å². The van der Waals surface area contributed by atoms with Crippen LogP contribution in [0.15, 0.2) is 0 Å². The van der Waals surface area contributed by atoms with E-state index < -0.39 is 0 Å². The predicted molar refractivity (Wildman–Crippen MR) is 53.6 cm³/mol. The second-order valence-electron chi connectivity index (χ2n) is 5.05. The van der Waals surface area contributed by atoms with Gasteiger partial charge in [-0.05, 0) is 25.7 Å². The topological polar surface area (TPSA) is 32.3 Å². The zero-order chi connectivity index (χ0) is 9.31. The molecule has 2 N–H and O–H groups in total. The normalized spacial score (nSPS) is 40.6. The lowest BCUT2D eigenvalue weighted by atomic mass is 9.83. The van der Waals surface area contributed by atoms with E-state index in [0.717, 1.165) is 6.04 Å². The monoisotopic (exact) mass is 183 g/mol. The van der Waals surface area contributed by atoms with Crippen LogP contribution < -0.4 is 5.32 Å². The minimum Gasteiger partial charge on any atom is -0.396 e. The van der Waals surface area contributed by atoms with Crippen LogP contribution >= 0.6 is 0 Å². The Kier molecular flexibility index (Phi) is 2.61. The van der Waals surface area contributed by atoms with Crippen LogP contribution in [0.4, 0.5) is 0 Å². The first-order valence-corrected chi connectivity index (χ1v) is 5.61. The van der Waals surface area contributed by atoms with E-state index in [-0.39, 0.29) is 5.41 Å². The van der Waals surface area contributed by atoms with Gasteiger partial charge in [-0.25, -0.2) is 0 Å². The lowest BCUT2D eigenvalue weighted by Crippen LogP contribution is -2.49. The molecule has 0 spiro atoms. The first-order chi connectivity index (χ1) is 6.24. The quantitative estimate of drug-likeness (QED) is 0.697. The summed E-state index contributed by atoms with van der Waals surface area (Å²) in [5.74, 6) is 0. The fourth-order valence-electron chi connectivity index (χ4n) is 2.57. The number of rotatable bonds is 3. The van der Waals surface area contributed by atoms with E-state index in [1.54, 1.807) is 0 Å². The van der Waals surface area contributed by atoms with Gasteiger partial charge in [0.2, 0.25) is 0 Å². The number of nitrogens with one attached hydrogen (secondary N) is 1. The lowest BCUT2D eigenvalue weighted by molar-refractivity contribution is 0.106. The molecule has 2 aliphatic rings. The minimum absolute atomic E-state index is 0.162. The minimum atomic E-state index is 0.162. The van der Waals surface area contributed by atoms with Gasteiger partial charge in [0.15, 0.2) is 0 Å². The van der Waals surface area contributed by atoms with Crippen molar-refractivity contribution in [2.75, 3.05) is 6.61 Å². The summed E-state index contributed by atoms with van der Waals surface area (Å²) in [4.78, 5) is 0. The van der Waals surface area contributed by atoms with Gasteiger partial charge in [0, 0.05) is 24.1 Å². The first kappa shape index (κ1) is 9.47. The van der Waals surface area contributed by atoms with Gasteiger partial charge in [-0.3, -0.25) is 0 Å². The molecule has 2 unspecified atom stereocenters. The molecule has 0 heterocycles. The fraction of sp³-hybridized carbons (Fsp3) is 1.00. The molecule has 0 aliphatic heterocycles. The highest BCUT2D eigenvalue weighted by Gasteiger charge is 2.39. The molecule has 2 fully saturated rings. The van der Waals surface area contributed by atoms with Crippen molar-refractivity contribution in [3.8, 4) is 0 Å². The Morgan fingerprint density at radius 3 is 2.62 bits per heavy atom. The molecule has 0 aromatic rings. The van der Waals surface area contributed by atoms with Crippen molar-refractivity contribution < 1.29 is 5.11 Å². The molecule has 2 atom stereocenters. The zero-order valence-electron chi connectivity index (χ0n) is 8.55. The third-order valence-electron chi connectivity index (χ3n) is 3.99. The van der Waals surface area contributed by atoms with Gasteiger partial charge in [0.05, 0.1) is 0 Å². The number of hydrogen-bond donors (Lipinski definition) is 2. The Balaban J connectivity index is 1.89. The molecule has 2 heteroatoms. The van der Waals surface area contributed by atoms with Crippen LogP contribution in [0.1, 0.15) is 45.4 Å². The molecule has 0 aromatic carbocycles. The van der Waals surface area contributed by atoms with Gasteiger partial charge in [0.25, 0.3) is 0 Å². The van der Waals surface area contributed by atoms with Crippen LogP contribution in [0.5, 0.6) is 0 Å². The third-order valence-corrected chi connectivity index (χ3v) is 3.99. The molecule has 2 aliphatic carbocycles. The maximum absolute atomic E-state index is 9.36. The van der Waals surface area contributed by atoms with Crippen molar-refractivity contribution in [2.45, 2.75) is 57.5 Å². The Bertz CT molecular complexity index is 179. The molecule has 0 amide bonds. The van der Waals surface area contributed by atoms with E-state index in [2.05, 4.69) is 12.2 Å². The predicted octanol–water partition coefficient (Wildman–Crippen LogP) is 1.68. The Morgan fingerprint density at radius 2 is 2.08 bits per heavy atom. The van der Waals surface area contributed by atoms with E-state index in [9.17, 15) is 5.11 Å². The van der Waals surface area contributed by atoms with Gasteiger partial charge in [0.1, 0.15) is 0 Å². The van der Waals surface area contributed by atoms with Crippen LogP contribution in [-0.4, -0.2) is 23.8 Å². The number of hydrogen-bond acceptors (Lipinski definition) is 2. The molecule has 2 nitrogen and oxygen atoms in total. The van der Waals surface area contributed by atoms with Crippen molar-refractivity contribution in [3.63, 3.8) is 0 Å². The molecule has 76 valence electrons. The highest BCUT2D eigenvalue weighted by molar-refractivity contribution is 4.95. The van der Waals surface area contributed by atoms with E-state index in [1.165, 1.54) is 38.5 Å². The van der Waals surface area contributed by atoms with Gasteiger partial charge in [-0.15, -0.1) is 0 Å². The molecule has 13 heavy (non-hydrogen) atoms. The van der Waals surface area contributed by atoms with E-state index >= 15 is 0 Å². The van der Waals surface area contributed by atoms with Crippen molar-refractivity contribution in [1.29, 1.82) is 0 Å². The van der Waals surface area contributed by atoms with Crippen molar-refractivity contribution >= 4 is 0 Å². The Labute approximate surface area is 80.7 Å². The number of aliphatic hydroxyl groups excluding tert-OH is 1. The fourth-order valence-corrected chi connectivity index (χ4v) is 2.57. The molecular formula is C11H21NO. The summed E-state index contributed by atoms with van der Waals surface area (Å²) in [5, 5.41) is 13.1. The van der Waals surface area contributed by atoms with Crippen LogP contribution in [0.25, 0.3) is 0 Å². The highest BCUT2D eigenvalue weighted by atomic mass is 16.3. The third kappa shape index (κ3) is 1.75. The average Bonchev–Trinajstić information content (AvgIpc) is 2.41. The summed E-state index contributed by atoms with van der Waals surface area (Å²) in [5.41, 5.74) is 0.162. The van der Waals surface area contributed by atoms with Crippen LogP contribution in [0.2, 0.25) is 0 Å². The molecule has 2 rings (SSSR count). The first-order valence-electron chi connectivity index (χ1n) is 5.61. The molecule has 0 saturated heterocycles. The van der Waals surface area contributed by atoms with E-state index in [4.69, 9.17) is 0 Å². The summed E-state index contributed by atoms with van der Waals surface area (Å²) in [6.45, 7) is 2.56. The molecule has 0 radical (unpaired) electrons. The number of aliphatic hydroxyl groups is 1. The van der Waals surface area contributed by atoms with Gasteiger partial charge < -0.3 is 10.4 Å². The Hall–Kier alpha value is -0.0800. The van der Waals surface area contributed by atoms with Crippen LogP contribution in [-0.2, 0) is 0 Å². The van der Waals surface area contributed by atoms with Crippen molar-refractivity contribution in [1.82, 2.24) is 5.32 Å². The van der Waals surface area contributed by atoms with Crippen molar-refractivity contribution in [3.05, 3.63) is 0 Å². The van der Waals surface area contributed by atoms with Gasteiger partial charge in [-0.1, -0.05) is 19.8 Å².